The number of rotatable bonds is 5. The molecule has 2 bridgehead atoms. The second-order valence-corrected chi connectivity index (χ2v) is 9.66. The highest BCUT2D eigenvalue weighted by molar-refractivity contribution is 5.93. The van der Waals surface area contributed by atoms with Crippen molar-refractivity contribution in [3.05, 3.63) is 70.8 Å². The lowest BCUT2D eigenvalue weighted by molar-refractivity contribution is -0.162. The zero-order chi connectivity index (χ0) is 21.2. The van der Waals surface area contributed by atoms with Crippen LogP contribution in [0.5, 0.6) is 0 Å². The fourth-order valence-electron chi connectivity index (χ4n) is 6.90. The molecule has 4 nitrogen and oxygen atoms in total. The van der Waals surface area contributed by atoms with Crippen molar-refractivity contribution in [2.45, 2.75) is 69.5 Å². The number of benzene rings is 2. The maximum absolute atomic E-state index is 13.6. The molecule has 2 heterocycles. The van der Waals surface area contributed by atoms with Crippen molar-refractivity contribution >= 4 is 11.9 Å². The Morgan fingerprint density at radius 1 is 0.871 bits per heavy atom. The summed E-state index contributed by atoms with van der Waals surface area (Å²) in [6.07, 6.45) is 5.11. The molecule has 2 aromatic rings. The highest BCUT2D eigenvalue weighted by Crippen LogP contribution is 2.67. The normalized spacial score (nSPS) is 34.3. The number of unbranched alkanes of at least 4 members (excludes halogenated alkanes) is 3. The van der Waals surface area contributed by atoms with Gasteiger partial charge in [-0.25, -0.2) is 0 Å². The quantitative estimate of drug-likeness (QED) is 0.503. The topological polar surface area (TPSA) is 52.6 Å². The molecule has 0 amide bonds. The fraction of sp³-hybridized carbons (Fsp3) is 0.481. The fourth-order valence-corrected chi connectivity index (χ4v) is 6.90. The largest absolute Gasteiger partial charge is 0.458 e. The molecule has 2 saturated heterocycles. The van der Waals surface area contributed by atoms with E-state index in [9.17, 15) is 9.59 Å². The van der Waals surface area contributed by atoms with Crippen LogP contribution in [-0.4, -0.2) is 24.1 Å². The molecule has 2 fully saturated rings. The standard InChI is InChI=1S/C27H28O4/c1-2-3-4-5-14-21-24-23(25(28)30-21)27(26(29)31-24)15-20-16-10-6-8-12-18(16)22(27)19-13-9-7-11-17(19)20/h6-13,20-24H,2-5,14-15H2,1H3/t20?,21-,22?,23+,24+,27?/m0/s1. The SMILES string of the molecule is CCCCCC[C@@H]1OC(=O)[C@H]2[C@@H]1OC(=O)C21CC2c3ccccc3C1c1ccccc12. The Bertz CT molecular complexity index is 1010. The Kier molecular flexibility index (Phi) is 4.28. The van der Waals surface area contributed by atoms with Crippen LogP contribution in [0.2, 0.25) is 0 Å². The molecule has 3 aliphatic carbocycles. The van der Waals surface area contributed by atoms with Crippen LogP contribution in [0.4, 0.5) is 0 Å². The van der Waals surface area contributed by atoms with Crippen LogP contribution >= 0.6 is 0 Å². The van der Waals surface area contributed by atoms with E-state index in [0.717, 1.165) is 25.7 Å². The van der Waals surface area contributed by atoms with Crippen LogP contribution in [-0.2, 0) is 19.1 Å². The predicted molar refractivity (Wildman–Crippen MR) is 116 cm³/mol. The Balaban J connectivity index is 1.42. The minimum atomic E-state index is -0.854. The molecule has 1 unspecified atom stereocenters. The van der Waals surface area contributed by atoms with Crippen LogP contribution in [0, 0.1) is 11.3 Å². The van der Waals surface area contributed by atoms with Gasteiger partial charge in [0.2, 0.25) is 0 Å². The van der Waals surface area contributed by atoms with Gasteiger partial charge in [0.1, 0.15) is 12.0 Å². The maximum atomic E-state index is 13.6. The summed E-state index contributed by atoms with van der Waals surface area (Å²) < 4.78 is 11.9. The van der Waals surface area contributed by atoms with E-state index in [4.69, 9.17) is 9.47 Å². The van der Waals surface area contributed by atoms with Crippen LogP contribution in [0.3, 0.4) is 0 Å². The molecule has 0 radical (unpaired) electrons. The number of hydrogen-bond acceptors (Lipinski definition) is 4. The summed E-state index contributed by atoms with van der Waals surface area (Å²) in [7, 11) is 0. The van der Waals surface area contributed by atoms with E-state index in [1.54, 1.807) is 0 Å². The van der Waals surface area contributed by atoms with Crippen LogP contribution < -0.4 is 0 Å². The second kappa shape index (κ2) is 6.94. The van der Waals surface area contributed by atoms with E-state index in [1.165, 1.54) is 28.7 Å². The van der Waals surface area contributed by atoms with Crippen molar-refractivity contribution in [1.29, 1.82) is 0 Å². The molecule has 0 aromatic heterocycles. The summed E-state index contributed by atoms with van der Waals surface area (Å²) >= 11 is 0. The molecule has 2 aliphatic heterocycles. The Labute approximate surface area is 182 Å². The van der Waals surface area contributed by atoms with Crippen molar-refractivity contribution in [2.24, 2.45) is 11.3 Å². The van der Waals surface area contributed by atoms with Crippen molar-refractivity contribution in [2.75, 3.05) is 0 Å². The number of cyclic esters (lactones) is 1. The van der Waals surface area contributed by atoms with Gasteiger partial charge in [0.05, 0.1) is 5.41 Å². The highest BCUT2D eigenvalue weighted by atomic mass is 16.6. The smallest absolute Gasteiger partial charge is 0.314 e. The van der Waals surface area contributed by atoms with Crippen LogP contribution in [0.15, 0.2) is 48.5 Å². The number of carbonyl (C=O) groups is 2. The minimum absolute atomic E-state index is 0.111. The zero-order valence-corrected chi connectivity index (χ0v) is 17.9. The third-order valence-electron chi connectivity index (χ3n) is 8.16. The third-order valence-corrected chi connectivity index (χ3v) is 8.16. The molecule has 0 N–H and O–H groups in total. The molecule has 0 saturated carbocycles. The zero-order valence-electron chi connectivity index (χ0n) is 17.9. The summed E-state index contributed by atoms with van der Waals surface area (Å²) in [6, 6.07) is 16.8. The predicted octanol–water partition coefficient (Wildman–Crippen LogP) is 5.09. The number of esters is 2. The summed E-state index contributed by atoms with van der Waals surface area (Å²) in [4.78, 5) is 26.8. The van der Waals surface area contributed by atoms with Gasteiger partial charge in [-0.1, -0.05) is 74.7 Å². The molecule has 5 aliphatic rings. The second-order valence-electron chi connectivity index (χ2n) is 9.66. The minimum Gasteiger partial charge on any atom is -0.458 e. The summed E-state index contributed by atoms with van der Waals surface area (Å²) in [6.45, 7) is 2.18. The Morgan fingerprint density at radius 3 is 2.16 bits per heavy atom. The molecule has 160 valence electrons. The van der Waals surface area contributed by atoms with E-state index in [-0.39, 0.29) is 29.9 Å². The van der Waals surface area contributed by atoms with Crippen molar-refractivity contribution < 1.29 is 19.1 Å². The molecule has 4 atom stereocenters. The van der Waals surface area contributed by atoms with Crippen LogP contribution in [0.1, 0.15) is 79.5 Å². The first kappa shape index (κ1) is 19.1. The van der Waals surface area contributed by atoms with Gasteiger partial charge in [0, 0.05) is 11.8 Å². The van der Waals surface area contributed by atoms with Crippen LogP contribution in [0.25, 0.3) is 0 Å². The molecule has 7 rings (SSSR count). The Morgan fingerprint density at radius 2 is 1.52 bits per heavy atom. The lowest BCUT2D eigenvalue weighted by Gasteiger charge is -2.50. The van der Waals surface area contributed by atoms with Crippen molar-refractivity contribution in [3.63, 3.8) is 0 Å². The first-order valence-electron chi connectivity index (χ1n) is 11.8. The molecular formula is C27H28O4. The van der Waals surface area contributed by atoms with E-state index in [1.807, 2.05) is 12.1 Å². The monoisotopic (exact) mass is 416 g/mol. The van der Waals surface area contributed by atoms with Gasteiger partial charge >= 0.3 is 11.9 Å². The lowest BCUT2D eigenvalue weighted by atomic mass is 9.48. The first-order valence-corrected chi connectivity index (χ1v) is 11.8. The lowest BCUT2D eigenvalue weighted by Crippen LogP contribution is -2.50. The van der Waals surface area contributed by atoms with Gasteiger partial charge in [-0.3, -0.25) is 9.59 Å². The maximum Gasteiger partial charge on any atom is 0.314 e. The Hall–Kier alpha value is -2.62. The average Bonchev–Trinajstić information content (AvgIpc) is 3.26. The molecule has 4 heteroatoms. The van der Waals surface area contributed by atoms with Gasteiger partial charge in [0.15, 0.2) is 6.10 Å². The molecule has 2 aromatic carbocycles. The summed E-state index contributed by atoms with van der Waals surface area (Å²) in [5.74, 6) is -0.986. The van der Waals surface area contributed by atoms with Crippen molar-refractivity contribution in [1.82, 2.24) is 0 Å². The van der Waals surface area contributed by atoms with E-state index in [0.29, 0.717) is 6.42 Å². The van der Waals surface area contributed by atoms with E-state index < -0.39 is 17.4 Å². The average molecular weight is 417 g/mol. The summed E-state index contributed by atoms with van der Waals surface area (Å²) in [5.41, 5.74) is 4.07. The van der Waals surface area contributed by atoms with E-state index in [2.05, 4.69) is 43.3 Å². The number of fused-ring (bicyclic) bond motifs is 1. The van der Waals surface area contributed by atoms with Crippen molar-refractivity contribution in [3.8, 4) is 0 Å². The number of carbonyl (C=O) groups excluding carboxylic acids is 2. The molecule has 1 spiro atoms. The third kappa shape index (κ3) is 2.48. The van der Waals surface area contributed by atoms with Gasteiger partial charge in [0.25, 0.3) is 0 Å². The van der Waals surface area contributed by atoms with Gasteiger partial charge in [-0.05, 0) is 41.5 Å². The first-order chi connectivity index (χ1) is 15.2. The van der Waals surface area contributed by atoms with Gasteiger partial charge < -0.3 is 9.47 Å². The highest BCUT2D eigenvalue weighted by Gasteiger charge is 2.72. The van der Waals surface area contributed by atoms with Gasteiger partial charge in [-0.2, -0.15) is 0 Å². The number of ether oxygens (including phenoxy) is 2. The summed E-state index contributed by atoms with van der Waals surface area (Å²) in [5, 5.41) is 0. The van der Waals surface area contributed by atoms with Gasteiger partial charge in [-0.15, -0.1) is 0 Å². The number of hydrogen-bond donors (Lipinski definition) is 0. The molecule has 31 heavy (non-hydrogen) atoms. The van der Waals surface area contributed by atoms with E-state index >= 15 is 0 Å². The molecular weight excluding hydrogens is 388 g/mol.